The molecule has 2 rings (SSSR count). The smallest absolute Gasteiger partial charge is 0.240 e. The van der Waals surface area contributed by atoms with E-state index in [4.69, 9.17) is 0 Å². The van der Waals surface area contributed by atoms with E-state index >= 15 is 0 Å². The molecule has 0 fully saturated rings. The summed E-state index contributed by atoms with van der Waals surface area (Å²) >= 11 is 0. The first-order valence-corrected chi connectivity index (χ1v) is 9.09. The molecule has 2 N–H and O–H groups in total. The van der Waals surface area contributed by atoms with Gasteiger partial charge in [-0.25, -0.2) is 13.1 Å². The highest BCUT2D eigenvalue weighted by Crippen LogP contribution is 2.15. The van der Waals surface area contributed by atoms with Gasteiger partial charge in [-0.05, 0) is 37.1 Å². The number of hydrogen-bond acceptors (Lipinski definition) is 6. The fourth-order valence-corrected chi connectivity index (χ4v) is 3.14. The SMILES string of the molecule is Cc1ccc(S(=O)(=O)NCCNc2cc(N(C)C)cnn2)cc1C. The summed E-state index contributed by atoms with van der Waals surface area (Å²) in [7, 11) is 0.320. The summed E-state index contributed by atoms with van der Waals surface area (Å²) in [6.45, 7) is 4.51. The molecule has 7 nitrogen and oxygen atoms in total. The molecule has 1 aromatic heterocycles. The third-order valence-corrected chi connectivity index (χ3v) is 5.13. The molecule has 0 aliphatic rings. The van der Waals surface area contributed by atoms with E-state index in [1.807, 2.05) is 45.0 Å². The van der Waals surface area contributed by atoms with Gasteiger partial charge in [0, 0.05) is 33.3 Å². The summed E-state index contributed by atoms with van der Waals surface area (Å²) in [4.78, 5) is 2.20. The number of aromatic nitrogens is 2. The van der Waals surface area contributed by atoms with Gasteiger partial charge < -0.3 is 10.2 Å². The van der Waals surface area contributed by atoms with Crippen LogP contribution in [-0.4, -0.2) is 45.8 Å². The molecule has 0 atom stereocenters. The fourth-order valence-electron chi connectivity index (χ4n) is 2.03. The van der Waals surface area contributed by atoms with Crippen LogP contribution in [0.25, 0.3) is 0 Å². The molecule has 0 radical (unpaired) electrons. The van der Waals surface area contributed by atoms with Gasteiger partial charge in [0.15, 0.2) is 5.82 Å². The maximum Gasteiger partial charge on any atom is 0.240 e. The molecule has 2 aromatic rings. The summed E-state index contributed by atoms with van der Waals surface area (Å²) in [5, 5.41) is 10.9. The Hall–Kier alpha value is -2.19. The average Bonchev–Trinajstić information content (AvgIpc) is 2.54. The van der Waals surface area contributed by atoms with Gasteiger partial charge in [0.25, 0.3) is 0 Å². The van der Waals surface area contributed by atoms with Crippen LogP contribution in [0.15, 0.2) is 35.4 Å². The minimum atomic E-state index is -3.51. The van der Waals surface area contributed by atoms with Gasteiger partial charge >= 0.3 is 0 Å². The Morgan fingerprint density at radius 2 is 1.83 bits per heavy atom. The zero-order chi connectivity index (χ0) is 17.7. The molecule has 0 saturated carbocycles. The lowest BCUT2D eigenvalue weighted by molar-refractivity contribution is 0.582. The van der Waals surface area contributed by atoms with Crippen molar-refractivity contribution in [2.45, 2.75) is 18.7 Å². The van der Waals surface area contributed by atoms with Crippen LogP contribution >= 0.6 is 0 Å². The molecule has 8 heteroatoms. The number of hydrogen-bond donors (Lipinski definition) is 2. The van der Waals surface area contributed by atoms with Crippen LogP contribution < -0.4 is 14.9 Å². The van der Waals surface area contributed by atoms with Crippen LogP contribution in [0.1, 0.15) is 11.1 Å². The zero-order valence-electron chi connectivity index (χ0n) is 14.4. The van der Waals surface area contributed by atoms with E-state index in [-0.39, 0.29) is 11.4 Å². The molecular weight excluding hydrogens is 326 g/mol. The maximum atomic E-state index is 12.3. The van der Waals surface area contributed by atoms with Crippen molar-refractivity contribution in [3.05, 3.63) is 41.6 Å². The highest BCUT2D eigenvalue weighted by Gasteiger charge is 2.13. The van der Waals surface area contributed by atoms with E-state index < -0.39 is 10.0 Å². The number of aryl methyl sites for hydroxylation is 2. The number of rotatable bonds is 7. The third kappa shape index (κ3) is 4.65. The topological polar surface area (TPSA) is 87.2 Å². The largest absolute Gasteiger partial charge is 0.376 e. The minimum Gasteiger partial charge on any atom is -0.376 e. The fraction of sp³-hybridized carbons (Fsp3) is 0.375. The van der Waals surface area contributed by atoms with Crippen molar-refractivity contribution < 1.29 is 8.42 Å². The van der Waals surface area contributed by atoms with Gasteiger partial charge in [-0.2, -0.15) is 5.10 Å². The molecule has 0 bridgehead atoms. The third-order valence-electron chi connectivity index (χ3n) is 3.67. The average molecular weight is 349 g/mol. The van der Waals surface area contributed by atoms with Crippen molar-refractivity contribution in [3.63, 3.8) is 0 Å². The second kappa shape index (κ2) is 7.59. The predicted molar refractivity (Wildman–Crippen MR) is 96.0 cm³/mol. The molecule has 24 heavy (non-hydrogen) atoms. The lowest BCUT2D eigenvalue weighted by Gasteiger charge is -2.13. The molecule has 0 spiro atoms. The molecule has 0 aliphatic carbocycles. The van der Waals surface area contributed by atoms with Gasteiger partial charge in [-0.15, -0.1) is 5.10 Å². The quantitative estimate of drug-likeness (QED) is 0.738. The van der Waals surface area contributed by atoms with Crippen LogP contribution in [-0.2, 0) is 10.0 Å². The molecule has 0 unspecified atom stereocenters. The van der Waals surface area contributed by atoms with Crippen LogP contribution in [0.3, 0.4) is 0 Å². The Kier molecular flexibility index (Phi) is 5.74. The normalized spacial score (nSPS) is 11.3. The second-order valence-electron chi connectivity index (χ2n) is 5.76. The monoisotopic (exact) mass is 349 g/mol. The highest BCUT2D eigenvalue weighted by molar-refractivity contribution is 7.89. The van der Waals surface area contributed by atoms with Gasteiger partial charge in [0.2, 0.25) is 10.0 Å². The van der Waals surface area contributed by atoms with Crippen LogP contribution in [0.4, 0.5) is 11.5 Å². The van der Waals surface area contributed by atoms with E-state index in [0.717, 1.165) is 16.8 Å². The molecule has 1 aromatic carbocycles. The van der Waals surface area contributed by atoms with E-state index in [2.05, 4.69) is 20.2 Å². The van der Waals surface area contributed by atoms with Crippen LogP contribution in [0.2, 0.25) is 0 Å². The summed E-state index contributed by atoms with van der Waals surface area (Å²) in [5.41, 5.74) is 2.94. The van der Waals surface area contributed by atoms with Crippen molar-refractivity contribution in [1.29, 1.82) is 0 Å². The van der Waals surface area contributed by atoms with Gasteiger partial charge in [0.05, 0.1) is 16.8 Å². The van der Waals surface area contributed by atoms with Crippen molar-refractivity contribution in [3.8, 4) is 0 Å². The molecule has 0 saturated heterocycles. The van der Waals surface area contributed by atoms with E-state index in [1.54, 1.807) is 18.3 Å². The predicted octanol–water partition coefficient (Wildman–Crippen LogP) is 1.55. The van der Waals surface area contributed by atoms with Gasteiger partial charge in [0.1, 0.15) is 0 Å². The summed E-state index contributed by atoms with van der Waals surface area (Å²) in [6.07, 6.45) is 1.66. The first kappa shape index (κ1) is 18.2. The summed E-state index contributed by atoms with van der Waals surface area (Å²) in [6, 6.07) is 6.95. The number of sulfonamides is 1. The Labute approximate surface area is 143 Å². The van der Waals surface area contributed by atoms with Crippen molar-refractivity contribution >= 4 is 21.5 Å². The molecular formula is C16H23N5O2S. The van der Waals surface area contributed by atoms with E-state index in [1.165, 1.54) is 0 Å². The second-order valence-corrected chi connectivity index (χ2v) is 7.53. The zero-order valence-corrected chi connectivity index (χ0v) is 15.2. The van der Waals surface area contributed by atoms with Crippen molar-refractivity contribution in [2.75, 3.05) is 37.4 Å². The molecule has 130 valence electrons. The number of nitrogens with zero attached hydrogens (tertiary/aromatic N) is 3. The molecule has 1 heterocycles. The lowest BCUT2D eigenvalue weighted by atomic mass is 10.1. The molecule has 0 amide bonds. The Balaban J connectivity index is 1.91. The van der Waals surface area contributed by atoms with E-state index in [0.29, 0.717) is 12.4 Å². The lowest BCUT2D eigenvalue weighted by Crippen LogP contribution is -2.29. The Bertz CT molecular complexity index is 806. The Morgan fingerprint density at radius 3 is 2.50 bits per heavy atom. The minimum absolute atomic E-state index is 0.253. The van der Waals surface area contributed by atoms with Gasteiger partial charge in [-0.3, -0.25) is 0 Å². The summed E-state index contributed by atoms with van der Waals surface area (Å²) in [5.74, 6) is 0.603. The number of nitrogens with one attached hydrogen (secondary N) is 2. The first-order valence-electron chi connectivity index (χ1n) is 7.60. The van der Waals surface area contributed by atoms with E-state index in [9.17, 15) is 8.42 Å². The first-order chi connectivity index (χ1) is 11.3. The number of benzene rings is 1. The highest BCUT2D eigenvalue weighted by atomic mass is 32.2. The standard InChI is InChI=1S/C16H23N5O2S/c1-12-5-6-15(9-13(12)2)24(22,23)19-8-7-17-16-10-14(21(3)4)11-18-20-16/h5-6,9-11,19H,7-8H2,1-4H3,(H,17,20). The van der Waals surface area contributed by atoms with Gasteiger partial charge in [-0.1, -0.05) is 6.07 Å². The number of anilines is 2. The summed E-state index contributed by atoms with van der Waals surface area (Å²) < 4.78 is 27.1. The van der Waals surface area contributed by atoms with Crippen LogP contribution in [0, 0.1) is 13.8 Å². The Morgan fingerprint density at radius 1 is 1.08 bits per heavy atom. The van der Waals surface area contributed by atoms with Crippen LogP contribution in [0.5, 0.6) is 0 Å². The molecule has 0 aliphatic heterocycles. The van der Waals surface area contributed by atoms with Crippen molar-refractivity contribution in [2.24, 2.45) is 0 Å². The van der Waals surface area contributed by atoms with Crippen molar-refractivity contribution in [1.82, 2.24) is 14.9 Å². The maximum absolute atomic E-state index is 12.3.